The number of carbonyl (C=O) groups is 1. The molecule has 3 aromatic heterocycles. The van der Waals surface area contributed by atoms with E-state index in [2.05, 4.69) is 25.7 Å². The van der Waals surface area contributed by atoms with Crippen LogP contribution in [0.2, 0.25) is 0 Å². The summed E-state index contributed by atoms with van der Waals surface area (Å²) in [4.78, 5) is 20.3. The van der Waals surface area contributed by atoms with Crippen molar-refractivity contribution < 1.29 is 27.8 Å². The van der Waals surface area contributed by atoms with E-state index in [1.165, 1.54) is 20.1 Å². The Balaban J connectivity index is 1.87. The fourth-order valence-corrected chi connectivity index (χ4v) is 4.69. The van der Waals surface area contributed by atoms with E-state index in [0.717, 1.165) is 6.26 Å². The van der Waals surface area contributed by atoms with Gasteiger partial charge in [0.2, 0.25) is 11.8 Å². The van der Waals surface area contributed by atoms with Crippen LogP contribution >= 0.6 is 0 Å². The van der Waals surface area contributed by atoms with Gasteiger partial charge < -0.3 is 25.2 Å². The van der Waals surface area contributed by atoms with Crippen LogP contribution in [0.3, 0.4) is 0 Å². The molecule has 1 amide bonds. The zero-order chi connectivity index (χ0) is 26.1. The zero-order valence-electron chi connectivity index (χ0n) is 20.4. The zero-order valence-corrected chi connectivity index (χ0v) is 21.2. The minimum atomic E-state index is -3.67. The number of nitrogens with zero attached hydrogens (tertiary/aromatic N) is 4. The van der Waals surface area contributed by atoms with E-state index in [1.807, 2.05) is 0 Å². The molecule has 1 aliphatic heterocycles. The number of nitrogens with one attached hydrogen (secondary N) is 2. The average molecular weight is 517 g/mol. The fraction of sp³-hybridized carbons (Fsp3) is 0.391. The summed E-state index contributed by atoms with van der Waals surface area (Å²) in [5.74, 6) is 0.574. The van der Waals surface area contributed by atoms with Crippen LogP contribution in [0.4, 0.5) is 17.3 Å². The number of aromatic nitrogens is 4. The van der Waals surface area contributed by atoms with E-state index in [4.69, 9.17) is 9.47 Å². The Morgan fingerprint density at radius 3 is 2.67 bits per heavy atom. The molecule has 4 heterocycles. The summed E-state index contributed by atoms with van der Waals surface area (Å²) >= 11 is 0. The lowest BCUT2D eigenvalue weighted by Crippen LogP contribution is -2.31. The number of hydrogen-bond acceptors (Lipinski definition) is 10. The predicted molar refractivity (Wildman–Crippen MR) is 132 cm³/mol. The molecule has 0 bridgehead atoms. The van der Waals surface area contributed by atoms with Crippen LogP contribution in [0.25, 0.3) is 11.1 Å². The second-order valence-corrected chi connectivity index (χ2v) is 10.7. The number of hydrogen-bond donors (Lipinski definition) is 3. The number of aliphatic hydroxyl groups excluding tert-OH is 1. The molecule has 12 nitrogen and oxygen atoms in total. The number of carbonyl (C=O) groups excluding carboxylic acids is 1. The third-order valence-electron chi connectivity index (χ3n) is 5.95. The number of rotatable bonds is 8. The molecule has 1 aliphatic rings. The largest absolute Gasteiger partial charge is 0.479 e. The van der Waals surface area contributed by atoms with Gasteiger partial charge in [0, 0.05) is 56.3 Å². The highest BCUT2D eigenvalue weighted by Gasteiger charge is 2.37. The third kappa shape index (κ3) is 5.17. The summed E-state index contributed by atoms with van der Waals surface area (Å²) in [7, 11) is -0.425. The highest BCUT2D eigenvalue weighted by atomic mass is 32.2. The maximum atomic E-state index is 12.5. The van der Waals surface area contributed by atoms with Crippen LogP contribution < -0.4 is 15.4 Å². The normalized spacial score (nSPS) is 17.7. The summed E-state index contributed by atoms with van der Waals surface area (Å²) < 4.78 is 37.5. The van der Waals surface area contributed by atoms with E-state index in [9.17, 15) is 18.3 Å². The van der Waals surface area contributed by atoms with Crippen molar-refractivity contribution in [1.29, 1.82) is 0 Å². The van der Waals surface area contributed by atoms with Gasteiger partial charge in [0.1, 0.15) is 11.6 Å². The number of aryl methyl sites for hydroxylation is 1. The molecule has 4 rings (SSSR count). The van der Waals surface area contributed by atoms with Gasteiger partial charge in [0.05, 0.1) is 31.6 Å². The lowest BCUT2D eigenvalue weighted by molar-refractivity contribution is -0.114. The number of sulfone groups is 1. The average Bonchev–Trinajstić information content (AvgIpc) is 3.45. The molecular weight excluding hydrogens is 488 g/mol. The van der Waals surface area contributed by atoms with Gasteiger partial charge in [-0.25, -0.2) is 18.4 Å². The minimum absolute atomic E-state index is 0.140. The fourth-order valence-electron chi connectivity index (χ4n) is 4.08. The molecule has 13 heteroatoms. The molecule has 1 fully saturated rings. The van der Waals surface area contributed by atoms with Gasteiger partial charge in [-0.15, -0.1) is 5.10 Å². The molecule has 1 atom stereocenters. The first-order valence-electron chi connectivity index (χ1n) is 11.1. The van der Waals surface area contributed by atoms with Crippen molar-refractivity contribution in [3.05, 3.63) is 36.2 Å². The quantitative estimate of drug-likeness (QED) is 0.402. The molecule has 1 unspecified atom stereocenters. The molecule has 1 saturated heterocycles. The molecule has 192 valence electrons. The Morgan fingerprint density at radius 1 is 1.28 bits per heavy atom. The number of pyridine rings is 2. The second-order valence-electron chi connectivity index (χ2n) is 8.74. The Bertz CT molecular complexity index is 1400. The van der Waals surface area contributed by atoms with Crippen molar-refractivity contribution in [2.24, 2.45) is 7.05 Å². The molecule has 0 spiro atoms. The smallest absolute Gasteiger partial charge is 0.240 e. The highest BCUT2D eigenvalue weighted by molar-refractivity contribution is 7.90. The lowest BCUT2D eigenvalue weighted by atomic mass is 9.81. The molecule has 0 saturated carbocycles. The molecule has 0 aromatic carbocycles. The van der Waals surface area contributed by atoms with E-state index < -0.39 is 15.3 Å². The maximum Gasteiger partial charge on any atom is 0.240 e. The van der Waals surface area contributed by atoms with Crippen LogP contribution in [0.1, 0.15) is 18.9 Å². The van der Waals surface area contributed by atoms with Gasteiger partial charge in [-0.1, -0.05) is 0 Å². The van der Waals surface area contributed by atoms with Crippen LogP contribution in [-0.4, -0.2) is 72.4 Å². The van der Waals surface area contributed by atoms with E-state index >= 15 is 0 Å². The number of anilines is 3. The van der Waals surface area contributed by atoms with E-state index in [1.54, 1.807) is 36.3 Å². The van der Waals surface area contributed by atoms with E-state index in [0.29, 0.717) is 41.3 Å². The monoisotopic (exact) mass is 516 g/mol. The van der Waals surface area contributed by atoms with Gasteiger partial charge in [-0.3, -0.25) is 9.48 Å². The van der Waals surface area contributed by atoms with Crippen LogP contribution in [0.5, 0.6) is 5.88 Å². The van der Waals surface area contributed by atoms with Gasteiger partial charge in [-0.05, 0) is 24.1 Å². The van der Waals surface area contributed by atoms with Crippen molar-refractivity contribution in [2.75, 3.05) is 43.8 Å². The van der Waals surface area contributed by atoms with Crippen molar-refractivity contribution in [1.82, 2.24) is 19.7 Å². The molecular formula is C23H28N6O6S. The van der Waals surface area contributed by atoms with Crippen molar-refractivity contribution >= 4 is 33.1 Å². The number of methoxy groups -OCH3 is 1. The van der Waals surface area contributed by atoms with Crippen LogP contribution in [-0.2, 0) is 31.8 Å². The topological polar surface area (TPSA) is 158 Å². The maximum absolute atomic E-state index is 12.5. The Kier molecular flexibility index (Phi) is 6.98. The lowest BCUT2D eigenvalue weighted by Gasteiger charge is -2.26. The summed E-state index contributed by atoms with van der Waals surface area (Å²) in [6, 6.07) is 4.78. The van der Waals surface area contributed by atoms with Crippen LogP contribution in [0, 0.1) is 0 Å². The highest BCUT2D eigenvalue weighted by Crippen LogP contribution is 2.38. The summed E-state index contributed by atoms with van der Waals surface area (Å²) in [6.45, 7) is 1.87. The van der Waals surface area contributed by atoms with E-state index in [-0.39, 0.29) is 35.8 Å². The molecule has 0 radical (unpaired) electrons. The number of amides is 1. The second kappa shape index (κ2) is 9.84. The SMILES string of the molecule is COc1nn(C)cc1-c1cnc(NC(C)=O)cc1Nc1cc(C2(CO)CCOC2)cc(S(C)(=O)=O)n1. The summed E-state index contributed by atoms with van der Waals surface area (Å²) in [5, 5.41) is 20.1. The van der Waals surface area contributed by atoms with Crippen LogP contribution in [0.15, 0.2) is 35.6 Å². The molecule has 3 N–H and O–H groups in total. The van der Waals surface area contributed by atoms with Crippen molar-refractivity contribution in [3.8, 4) is 17.0 Å². The Morgan fingerprint density at radius 2 is 2.06 bits per heavy atom. The number of ether oxygens (including phenoxy) is 2. The van der Waals surface area contributed by atoms with Gasteiger partial charge in [0.15, 0.2) is 14.9 Å². The third-order valence-corrected chi connectivity index (χ3v) is 6.92. The first-order chi connectivity index (χ1) is 17.0. The molecule has 36 heavy (non-hydrogen) atoms. The summed E-state index contributed by atoms with van der Waals surface area (Å²) in [5.41, 5.74) is 1.54. The van der Waals surface area contributed by atoms with Gasteiger partial charge in [0.25, 0.3) is 0 Å². The number of aliphatic hydroxyl groups is 1. The molecule has 0 aliphatic carbocycles. The van der Waals surface area contributed by atoms with Gasteiger partial charge in [-0.2, -0.15) is 0 Å². The Hall–Kier alpha value is -3.55. The summed E-state index contributed by atoms with van der Waals surface area (Å²) in [6.07, 6.45) is 4.92. The van der Waals surface area contributed by atoms with Crippen molar-refractivity contribution in [2.45, 2.75) is 23.8 Å². The first-order valence-corrected chi connectivity index (χ1v) is 13.0. The first kappa shape index (κ1) is 25.5. The van der Waals surface area contributed by atoms with Crippen molar-refractivity contribution in [3.63, 3.8) is 0 Å². The minimum Gasteiger partial charge on any atom is -0.479 e. The Labute approximate surface area is 208 Å². The standard InChI is InChI=1S/C23H28N6O6S/c1-14(31)25-19-9-18(16(10-24-19)17-11-29(2)28-22(17)34-3)26-20-7-15(8-21(27-20)36(4,32)33)23(12-30)5-6-35-13-23/h7-11,30H,5-6,12-13H2,1-4H3,(H2,24,25,26,27,31). The predicted octanol–water partition coefficient (Wildman–Crippen LogP) is 1.64. The molecule has 3 aromatic rings. The van der Waals surface area contributed by atoms with Gasteiger partial charge >= 0.3 is 0 Å².